The third-order valence-corrected chi connectivity index (χ3v) is 3.87. The van der Waals surface area contributed by atoms with Gasteiger partial charge in [0.2, 0.25) is 0 Å². The second-order valence-electron chi connectivity index (χ2n) is 4.58. The molecule has 0 aliphatic heterocycles. The lowest BCUT2D eigenvalue weighted by atomic mass is 10.1. The number of nitrogen functional groups attached to an aromatic ring is 1. The van der Waals surface area contributed by atoms with Crippen molar-refractivity contribution in [2.45, 2.75) is 19.5 Å². The third kappa shape index (κ3) is 5.10. The summed E-state index contributed by atoms with van der Waals surface area (Å²) in [5.74, 6) is 0. The number of hydrogen-bond donors (Lipinski definition) is 1. The average molecular weight is 331 g/mol. The molecule has 108 valence electrons. The van der Waals surface area contributed by atoms with Crippen molar-refractivity contribution in [1.29, 1.82) is 0 Å². The number of halogens is 1. The lowest BCUT2D eigenvalue weighted by Crippen LogP contribution is -2.38. The van der Waals surface area contributed by atoms with Crippen molar-refractivity contribution in [2.24, 2.45) is 0 Å². The molecule has 0 fully saturated rings. The first-order valence-corrected chi connectivity index (χ1v) is 7.14. The molecule has 1 aromatic carbocycles. The maximum Gasteiger partial charge on any atom is 0.0615 e. The smallest absolute Gasteiger partial charge is 0.0615 e. The first-order chi connectivity index (χ1) is 9.10. The quantitative estimate of drug-likeness (QED) is 0.744. The summed E-state index contributed by atoms with van der Waals surface area (Å²) in [6.45, 7) is 5.15. The Labute approximate surface area is 124 Å². The van der Waals surface area contributed by atoms with Crippen LogP contribution in [0.15, 0.2) is 22.7 Å². The van der Waals surface area contributed by atoms with E-state index < -0.39 is 0 Å². The predicted octanol–water partition coefficient (Wildman–Crippen LogP) is 2.51. The standard InChI is InChI=1S/C14H23BrN2O2/c1-11(10-19-3)17(7-8-18-2)9-12-13(15)5-4-6-14(12)16/h4-6,11H,7-10,16H2,1-3H3. The van der Waals surface area contributed by atoms with Crippen LogP contribution in [0, 0.1) is 0 Å². The van der Waals surface area contributed by atoms with E-state index in [1.54, 1.807) is 14.2 Å². The molecule has 1 atom stereocenters. The van der Waals surface area contributed by atoms with Gasteiger partial charge in [0.1, 0.15) is 0 Å². The van der Waals surface area contributed by atoms with Crippen molar-refractivity contribution < 1.29 is 9.47 Å². The molecule has 0 heterocycles. The maximum absolute atomic E-state index is 6.05. The Hall–Kier alpha value is -0.620. The van der Waals surface area contributed by atoms with Gasteiger partial charge in [0.25, 0.3) is 0 Å². The van der Waals surface area contributed by atoms with Crippen LogP contribution in [0.1, 0.15) is 12.5 Å². The van der Waals surface area contributed by atoms with E-state index in [4.69, 9.17) is 15.2 Å². The molecule has 0 bridgehead atoms. The van der Waals surface area contributed by atoms with E-state index in [-0.39, 0.29) is 0 Å². The van der Waals surface area contributed by atoms with Crippen LogP contribution in [0.4, 0.5) is 5.69 Å². The lowest BCUT2D eigenvalue weighted by molar-refractivity contribution is 0.0705. The van der Waals surface area contributed by atoms with Crippen LogP contribution in [0.2, 0.25) is 0 Å². The summed E-state index contributed by atoms with van der Waals surface area (Å²) in [5.41, 5.74) is 7.97. The van der Waals surface area contributed by atoms with Gasteiger partial charge in [-0.15, -0.1) is 0 Å². The molecule has 19 heavy (non-hydrogen) atoms. The van der Waals surface area contributed by atoms with Crippen molar-refractivity contribution >= 4 is 21.6 Å². The lowest BCUT2D eigenvalue weighted by Gasteiger charge is -2.29. The minimum absolute atomic E-state index is 0.312. The largest absolute Gasteiger partial charge is 0.398 e. The zero-order valence-electron chi connectivity index (χ0n) is 11.9. The second kappa shape index (κ2) is 8.53. The molecule has 0 saturated heterocycles. The topological polar surface area (TPSA) is 47.7 Å². The number of benzene rings is 1. The summed E-state index contributed by atoms with van der Waals surface area (Å²) >= 11 is 3.56. The third-order valence-electron chi connectivity index (χ3n) is 3.13. The van der Waals surface area contributed by atoms with Crippen molar-refractivity contribution in [3.8, 4) is 0 Å². The Morgan fingerprint density at radius 3 is 2.63 bits per heavy atom. The molecule has 0 amide bonds. The zero-order valence-corrected chi connectivity index (χ0v) is 13.4. The second-order valence-corrected chi connectivity index (χ2v) is 5.43. The fourth-order valence-corrected chi connectivity index (χ4v) is 2.46. The minimum atomic E-state index is 0.312. The van der Waals surface area contributed by atoms with Crippen molar-refractivity contribution in [2.75, 3.05) is 39.7 Å². The van der Waals surface area contributed by atoms with Gasteiger partial charge in [-0.25, -0.2) is 0 Å². The Balaban J connectivity index is 2.81. The molecular weight excluding hydrogens is 308 g/mol. The van der Waals surface area contributed by atoms with Crippen molar-refractivity contribution in [3.05, 3.63) is 28.2 Å². The van der Waals surface area contributed by atoms with E-state index in [2.05, 4.69) is 27.8 Å². The average Bonchev–Trinajstić information content (AvgIpc) is 2.37. The molecule has 0 saturated carbocycles. The Morgan fingerprint density at radius 2 is 2.05 bits per heavy atom. The molecular formula is C14H23BrN2O2. The monoisotopic (exact) mass is 330 g/mol. The molecule has 0 aliphatic rings. The molecule has 0 aromatic heterocycles. The van der Waals surface area contributed by atoms with E-state index in [0.29, 0.717) is 19.3 Å². The van der Waals surface area contributed by atoms with E-state index in [1.165, 1.54) is 0 Å². The van der Waals surface area contributed by atoms with Crippen LogP contribution in [0.3, 0.4) is 0 Å². The highest BCUT2D eigenvalue weighted by Crippen LogP contribution is 2.24. The highest BCUT2D eigenvalue weighted by molar-refractivity contribution is 9.10. The molecule has 1 unspecified atom stereocenters. The number of rotatable bonds is 8. The molecule has 2 N–H and O–H groups in total. The Kier molecular flexibility index (Phi) is 7.38. The predicted molar refractivity (Wildman–Crippen MR) is 82.2 cm³/mol. The van der Waals surface area contributed by atoms with Crippen molar-refractivity contribution in [3.63, 3.8) is 0 Å². The fraction of sp³-hybridized carbons (Fsp3) is 0.571. The minimum Gasteiger partial charge on any atom is -0.398 e. The SMILES string of the molecule is COCCN(Cc1c(N)cccc1Br)C(C)COC. The van der Waals surface area contributed by atoms with Gasteiger partial charge in [-0.2, -0.15) is 0 Å². The summed E-state index contributed by atoms with van der Waals surface area (Å²) in [6.07, 6.45) is 0. The van der Waals surface area contributed by atoms with E-state index in [1.807, 2.05) is 18.2 Å². The van der Waals surface area contributed by atoms with Gasteiger partial charge in [-0.3, -0.25) is 4.90 Å². The van der Waals surface area contributed by atoms with E-state index in [0.717, 1.165) is 28.8 Å². The van der Waals surface area contributed by atoms with Gasteiger partial charge in [-0.1, -0.05) is 22.0 Å². The maximum atomic E-state index is 6.05. The summed E-state index contributed by atoms with van der Waals surface area (Å²) in [6, 6.07) is 6.20. The first kappa shape index (κ1) is 16.4. The Bertz CT molecular complexity index is 367. The van der Waals surface area contributed by atoms with Crippen LogP contribution >= 0.6 is 15.9 Å². The Morgan fingerprint density at radius 1 is 1.32 bits per heavy atom. The molecule has 4 nitrogen and oxygen atoms in total. The first-order valence-electron chi connectivity index (χ1n) is 6.35. The number of methoxy groups -OCH3 is 2. The van der Waals surface area contributed by atoms with E-state index in [9.17, 15) is 0 Å². The number of hydrogen-bond acceptors (Lipinski definition) is 4. The highest BCUT2D eigenvalue weighted by atomic mass is 79.9. The van der Waals surface area contributed by atoms with Gasteiger partial charge in [0, 0.05) is 49.1 Å². The van der Waals surface area contributed by atoms with Gasteiger partial charge < -0.3 is 15.2 Å². The molecule has 0 spiro atoms. The van der Waals surface area contributed by atoms with Crippen LogP contribution in [0.5, 0.6) is 0 Å². The van der Waals surface area contributed by atoms with Crippen LogP contribution in [0.25, 0.3) is 0 Å². The van der Waals surface area contributed by atoms with Crippen LogP contribution in [-0.2, 0) is 16.0 Å². The number of ether oxygens (including phenoxy) is 2. The van der Waals surface area contributed by atoms with Crippen molar-refractivity contribution in [1.82, 2.24) is 4.90 Å². The number of nitrogens with two attached hydrogens (primary N) is 1. The molecule has 0 radical (unpaired) electrons. The summed E-state index contributed by atoms with van der Waals surface area (Å²) in [7, 11) is 3.43. The summed E-state index contributed by atoms with van der Waals surface area (Å²) < 4.78 is 11.5. The summed E-state index contributed by atoms with van der Waals surface area (Å²) in [4.78, 5) is 2.31. The van der Waals surface area contributed by atoms with Gasteiger partial charge in [-0.05, 0) is 19.1 Å². The fourth-order valence-electron chi connectivity index (χ4n) is 1.96. The normalized spacial score (nSPS) is 12.9. The molecule has 0 aliphatic carbocycles. The number of nitrogens with zero attached hydrogens (tertiary/aromatic N) is 1. The molecule has 1 rings (SSSR count). The van der Waals surface area contributed by atoms with Gasteiger partial charge >= 0.3 is 0 Å². The van der Waals surface area contributed by atoms with Crippen LogP contribution < -0.4 is 5.73 Å². The number of anilines is 1. The van der Waals surface area contributed by atoms with Gasteiger partial charge in [0.05, 0.1) is 13.2 Å². The molecule has 5 heteroatoms. The zero-order chi connectivity index (χ0) is 14.3. The highest BCUT2D eigenvalue weighted by Gasteiger charge is 2.16. The van der Waals surface area contributed by atoms with Crippen LogP contribution in [-0.4, -0.2) is 44.9 Å². The van der Waals surface area contributed by atoms with E-state index >= 15 is 0 Å². The molecule has 1 aromatic rings. The van der Waals surface area contributed by atoms with Gasteiger partial charge in [0.15, 0.2) is 0 Å². The summed E-state index contributed by atoms with van der Waals surface area (Å²) in [5, 5.41) is 0.